The van der Waals surface area contributed by atoms with Crippen LogP contribution in [0.2, 0.25) is 5.02 Å². The number of carboxylic acid groups (broad SMARTS) is 1. The largest absolute Gasteiger partial charge is 0.480 e. The Balaban J connectivity index is 0.00000300. The summed E-state index contributed by atoms with van der Waals surface area (Å²) in [5.74, 6) is -1.33. The summed E-state index contributed by atoms with van der Waals surface area (Å²) in [7, 11) is 0. The van der Waals surface area contributed by atoms with Crippen molar-refractivity contribution in [2.45, 2.75) is 37.1 Å². The third kappa shape index (κ3) is 5.26. The predicted molar refractivity (Wildman–Crippen MR) is 115 cm³/mol. The van der Waals surface area contributed by atoms with E-state index in [1.54, 1.807) is 18.3 Å². The lowest BCUT2D eigenvalue weighted by Gasteiger charge is -2.43. The molecule has 1 aromatic carbocycles. The Morgan fingerprint density at radius 3 is 2.52 bits per heavy atom. The van der Waals surface area contributed by atoms with E-state index in [0.717, 1.165) is 18.4 Å². The first-order valence-corrected chi connectivity index (χ1v) is 9.72. The van der Waals surface area contributed by atoms with Crippen molar-refractivity contribution in [3.8, 4) is 0 Å². The molecule has 3 rings (SSSR count). The van der Waals surface area contributed by atoms with E-state index in [-0.39, 0.29) is 36.3 Å². The van der Waals surface area contributed by atoms with Gasteiger partial charge in [-0.1, -0.05) is 23.7 Å². The summed E-state index contributed by atoms with van der Waals surface area (Å²) >= 11 is 6.16. The third-order valence-electron chi connectivity index (χ3n) is 5.66. The van der Waals surface area contributed by atoms with Gasteiger partial charge in [0.05, 0.1) is 5.56 Å². The Morgan fingerprint density at radius 2 is 1.97 bits per heavy atom. The normalized spacial score (nSPS) is 21.1. The summed E-state index contributed by atoms with van der Waals surface area (Å²) in [5, 5.41) is 10.00. The number of amides is 1. The second kappa shape index (κ2) is 10.1. The number of aromatic nitrogens is 1. The van der Waals surface area contributed by atoms with E-state index in [1.807, 2.05) is 24.3 Å². The second-order valence-electron chi connectivity index (χ2n) is 7.29. The molecule has 3 N–H and O–H groups in total. The number of rotatable bonds is 6. The molecule has 29 heavy (non-hydrogen) atoms. The predicted octanol–water partition coefficient (Wildman–Crippen LogP) is 3.52. The molecule has 1 saturated carbocycles. The van der Waals surface area contributed by atoms with Gasteiger partial charge in [-0.15, -0.1) is 12.4 Å². The SMILES string of the molecule is Cl.NC[C@]1(c2cccc(Cl)c2)CC[C@@H](N(CC(=O)O)C(=O)c2cccnc2)CC1. The number of hydrogen-bond acceptors (Lipinski definition) is 4. The van der Waals surface area contributed by atoms with Crippen molar-refractivity contribution < 1.29 is 14.7 Å². The first-order valence-electron chi connectivity index (χ1n) is 9.34. The minimum Gasteiger partial charge on any atom is -0.480 e. The smallest absolute Gasteiger partial charge is 0.323 e. The van der Waals surface area contributed by atoms with Crippen LogP contribution in [0, 0.1) is 0 Å². The van der Waals surface area contributed by atoms with Crippen molar-refractivity contribution in [3.05, 3.63) is 64.9 Å². The van der Waals surface area contributed by atoms with E-state index >= 15 is 0 Å². The van der Waals surface area contributed by atoms with E-state index in [4.69, 9.17) is 17.3 Å². The summed E-state index contributed by atoms with van der Waals surface area (Å²) in [5.41, 5.74) is 7.45. The zero-order chi connectivity index (χ0) is 20.1. The van der Waals surface area contributed by atoms with E-state index in [1.165, 1.54) is 11.1 Å². The van der Waals surface area contributed by atoms with E-state index in [0.29, 0.717) is 30.0 Å². The quantitative estimate of drug-likeness (QED) is 0.720. The van der Waals surface area contributed by atoms with Crippen LogP contribution in [0.25, 0.3) is 0 Å². The van der Waals surface area contributed by atoms with Crippen LogP contribution < -0.4 is 5.73 Å². The lowest BCUT2D eigenvalue weighted by Crippen LogP contribution is -2.49. The van der Waals surface area contributed by atoms with Gasteiger partial charge in [0.2, 0.25) is 0 Å². The molecule has 1 amide bonds. The fourth-order valence-electron chi connectivity index (χ4n) is 4.06. The van der Waals surface area contributed by atoms with E-state index in [9.17, 15) is 14.7 Å². The summed E-state index contributed by atoms with van der Waals surface area (Å²) < 4.78 is 0. The lowest BCUT2D eigenvalue weighted by molar-refractivity contribution is -0.138. The molecular weight excluding hydrogens is 413 g/mol. The van der Waals surface area contributed by atoms with Crippen LogP contribution in [-0.4, -0.2) is 46.0 Å². The molecule has 0 bridgehead atoms. The molecule has 1 aromatic heterocycles. The number of pyridine rings is 1. The van der Waals surface area contributed by atoms with Crippen LogP contribution in [0.3, 0.4) is 0 Å². The first kappa shape index (κ1) is 23.1. The highest BCUT2D eigenvalue weighted by molar-refractivity contribution is 6.30. The molecule has 1 fully saturated rings. The monoisotopic (exact) mass is 437 g/mol. The number of nitrogens with zero attached hydrogens (tertiary/aromatic N) is 2. The van der Waals surface area contributed by atoms with Gasteiger partial charge < -0.3 is 15.7 Å². The summed E-state index contributed by atoms with van der Waals surface area (Å²) in [4.78, 5) is 29.7. The number of carbonyl (C=O) groups is 2. The van der Waals surface area contributed by atoms with Gasteiger partial charge in [-0.2, -0.15) is 0 Å². The van der Waals surface area contributed by atoms with Crippen molar-refractivity contribution in [1.29, 1.82) is 0 Å². The van der Waals surface area contributed by atoms with Gasteiger partial charge in [-0.3, -0.25) is 14.6 Å². The number of hydrogen-bond donors (Lipinski definition) is 2. The molecule has 8 heteroatoms. The topological polar surface area (TPSA) is 96.5 Å². The van der Waals surface area contributed by atoms with Gasteiger partial charge in [0, 0.05) is 35.4 Å². The average Bonchev–Trinajstić information content (AvgIpc) is 2.72. The van der Waals surface area contributed by atoms with Crippen molar-refractivity contribution >= 4 is 35.9 Å². The van der Waals surface area contributed by atoms with Crippen molar-refractivity contribution in [2.75, 3.05) is 13.1 Å². The number of benzene rings is 1. The minimum atomic E-state index is -1.03. The Hall–Kier alpha value is -2.15. The zero-order valence-corrected chi connectivity index (χ0v) is 17.5. The number of nitrogens with two attached hydrogens (primary N) is 1. The molecule has 6 nitrogen and oxygen atoms in total. The van der Waals surface area contributed by atoms with Crippen molar-refractivity contribution in [2.24, 2.45) is 5.73 Å². The molecule has 0 atom stereocenters. The maximum absolute atomic E-state index is 12.9. The van der Waals surface area contributed by atoms with Gasteiger partial charge in [-0.05, 0) is 55.5 Å². The Bertz CT molecular complexity index is 840. The molecule has 0 radical (unpaired) electrons. The number of carboxylic acids is 1. The second-order valence-corrected chi connectivity index (χ2v) is 7.73. The highest BCUT2D eigenvalue weighted by Crippen LogP contribution is 2.41. The first-order chi connectivity index (χ1) is 13.4. The number of carbonyl (C=O) groups excluding carboxylic acids is 1. The standard InChI is InChI=1S/C21H24ClN3O3.ClH/c22-17-5-1-4-16(11-17)21(14-23)8-6-18(7-9-21)25(13-19(26)27)20(28)15-3-2-10-24-12-15;/h1-5,10-12,18H,6-9,13-14,23H2,(H,26,27);1H/t18-,21+;. The lowest BCUT2D eigenvalue weighted by atomic mass is 9.68. The summed E-state index contributed by atoms with van der Waals surface area (Å²) in [6.45, 7) is 0.154. The molecule has 0 unspecified atom stereocenters. The molecule has 0 spiro atoms. The molecule has 156 valence electrons. The molecule has 1 aliphatic carbocycles. The zero-order valence-electron chi connectivity index (χ0n) is 16.0. The molecule has 1 aliphatic rings. The average molecular weight is 438 g/mol. The maximum Gasteiger partial charge on any atom is 0.323 e. The molecular formula is C21H25Cl2N3O3. The van der Waals surface area contributed by atoms with Gasteiger partial charge in [-0.25, -0.2) is 0 Å². The summed E-state index contributed by atoms with van der Waals surface area (Å²) in [6, 6.07) is 10.9. The number of aliphatic carboxylic acids is 1. The highest BCUT2D eigenvalue weighted by atomic mass is 35.5. The highest BCUT2D eigenvalue weighted by Gasteiger charge is 2.39. The molecule has 0 aliphatic heterocycles. The van der Waals surface area contributed by atoms with Crippen LogP contribution in [0.15, 0.2) is 48.8 Å². The fraction of sp³-hybridized carbons (Fsp3) is 0.381. The maximum atomic E-state index is 12.9. The number of halogens is 2. The van der Waals surface area contributed by atoms with Gasteiger partial charge in [0.1, 0.15) is 6.54 Å². The van der Waals surface area contributed by atoms with Crippen LogP contribution in [0.1, 0.15) is 41.6 Å². The molecule has 1 heterocycles. The molecule has 2 aromatic rings. The van der Waals surface area contributed by atoms with E-state index < -0.39 is 5.97 Å². The third-order valence-corrected chi connectivity index (χ3v) is 5.89. The molecule has 0 saturated heterocycles. The van der Waals surface area contributed by atoms with Gasteiger partial charge >= 0.3 is 5.97 Å². The Kier molecular flexibility index (Phi) is 8.02. The minimum absolute atomic E-state index is 0. The van der Waals surface area contributed by atoms with Crippen LogP contribution in [0.5, 0.6) is 0 Å². The Labute approximate surface area is 181 Å². The van der Waals surface area contributed by atoms with E-state index in [2.05, 4.69) is 4.98 Å². The van der Waals surface area contributed by atoms with Gasteiger partial charge in [0.25, 0.3) is 5.91 Å². The van der Waals surface area contributed by atoms with Crippen LogP contribution in [0.4, 0.5) is 0 Å². The van der Waals surface area contributed by atoms with Gasteiger partial charge in [0.15, 0.2) is 0 Å². The Morgan fingerprint density at radius 1 is 1.24 bits per heavy atom. The van der Waals surface area contributed by atoms with Crippen LogP contribution in [-0.2, 0) is 10.2 Å². The van der Waals surface area contributed by atoms with Crippen molar-refractivity contribution in [3.63, 3.8) is 0 Å². The summed E-state index contributed by atoms with van der Waals surface area (Å²) in [6.07, 6.45) is 5.96. The fourth-order valence-corrected chi connectivity index (χ4v) is 4.25. The van der Waals surface area contributed by atoms with Crippen molar-refractivity contribution in [1.82, 2.24) is 9.88 Å². The van der Waals surface area contributed by atoms with Crippen LogP contribution >= 0.6 is 24.0 Å².